The van der Waals surface area contributed by atoms with E-state index in [2.05, 4.69) is 5.16 Å². The highest BCUT2D eigenvalue weighted by molar-refractivity contribution is 6.32. The van der Waals surface area contributed by atoms with Crippen LogP contribution in [0.2, 0.25) is 5.02 Å². The van der Waals surface area contributed by atoms with Gasteiger partial charge in [-0.3, -0.25) is 0 Å². The zero-order valence-electron chi connectivity index (χ0n) is 11.1. The third-order valence-corrected chi connectivity index (χ3v) is 3.36. The molecule has 0 saturated carbocycles. The molecule has 2 N–H and O–H groups in total. The Hall–Kier alpha value is -1.72. The van der Waals surface area contributed by atoms with Crippen molar-refractivity contribution in [3.63, 3.8) is 0 Å². The molecule has 20 heavy (non-hydrogen) atoms. The minimum Gasteiger partial charge on any atom is -0.489 e. The van der Waals surface area contributed by atoms with E-state index in [-0.39, 0.29) is 6.04 Å². The lowest BCUT2D eigenvalue weighted by Crippen LogP contribution is -2.02. The van der Waals surface area contributed by atoms with E-state index in [0.717, 1.165) is 12.0 Å². The van der Waals surface area contributed by atoms with E-state index in [1.165, 1.54) is 0 Å². The molecule has 0 bridgehead atoms. The van der Waals surface area contributed by atoms with Gasteiger partial charge in [-0.1, -0.05) is 16.8 Å². The summed E-state index contributed by atoms with van der Waals surface area (Å²) in [7, 11) is 0. The molecule has 1 aromatic carbocycles. The minimum absolute atomic E-state index is 0.202. The van der Waals surface area contributed by atoms with Crippen LogP contribution in [0.1, 0.15) is 25.1 Å². The van der Waals surface area contributed by atoms with Crippen LogP contribution in [0.15, 0.2) is 22.7 Å². The number of aromatic nitrogens is 1. The smallest absolute Gasteiger partial charge is 0.179 e. The van der Waals surface area contributed by atoms with Crippen LogP contribution < -0.4 is 15.2 Å². The first kappa shape index (κ1) is 13.3. The molecule has 1 aliphatic heterocycles. The zero-order chi connectivity index (χ0) is 14.1. The summed E-state index contributed by atoms with van der Waals surface area (Å²) in [5, 5.41) is 4.52. The minimum atomic E-state index is -0.202. The Morgan fingerprint density at radius 1 is 1.25 bits per heavy atom. The summed E-state index contributed by atoms with van der Waals surface area (Å²) in [5.41, 5.74) is 7.25. The largest absolute Gasteiger partial charge is 0.489 e. The van der Waals surface area contributed by atoms with Gasteiger partial charge in [0.05, 0.1) is 24.3 Å². The zero-order valence-corrected chi connectivity index (χ0v) is 11.8. The second kappa shape index (κ2) is 5.34. The summed E-state index contributed by atoms with van der Waals surface area (Å²) in [6, 6.07) is 5.25. The van der Waals surface area contributed by atoms with Crippen LogP contribution in [0.5, 0.6) is 11.5 Å². The van der Waals surface area contributed by atoms with Crippen LogP contribution in [0.4, 0.5) is 0 Å². The first-order valence-corrected chi connectivity index (χ1v) is 6.84. The molecule has 1 aliphatic rings. The molecule has 106 valence electrons. The van der Waals surface area contributed by atoms with Gasteiger partial charge in [0.25, 0.3) is 0 Å². The molecule has 3 rings (SSSR count). The maximum absolute atomic E-state index is 6.25. The molecule has 1 atom stereocenters. The summed E-state index contributed by atoms with van der Waals surface area (Å²) in [5.74, 6) is 1.85. The summed E-state index contributed by atoms with van der Waals surface area (Å²) >= 11 is 6.25. The van der Waals surface area contributed by atoms with Crippen molar-refractivity contribution in [1.29, 1.82) is 0 Å². The van der Waals surface area contributed by atoms with Crippen LogP contribution in [0, 0.1) is 0 Å². The maximum Gasteiger partial charge on any atom is 0.179 e. The van der Waals surface area contributed by atoms with Gasteiger partial charge in [-0.05, 0) is 19.1 Å². The number of halogens is 1. The Kier molecular flexibility index (Phi) is 3.54. The SMILES string of the molecule is CC(N)c1cc(-c2cc(Cl)c3c(c2)OCCCO3)no1. The molecule has 0 fully saturated rings. The average molecular weight is 295 g/mol. The van der Waals surface area contributed by atoms with Crippen LogP contribution >= 0.6 is 11.6 Å². The monoisotopic (exact) mass is 294 g/mol. The number of rotatable bonds is 2. The molecule has 2 aromatic rings. The summed E-state index contributed by atoms with van der Waals surface area (Å²) < 4.78 is 16.4. The van der Waals surface area contributed by atoms with E-state index >= 15 is 0 Å². The van der Waals surface area contributed by atoms with Gasteiger partial charge in [0.2, 0.25) is 0 Å². The Balaban J connectivity index is 2.01. The van der Waals surface area contributed by atoms with E-state index < -0.39 is 0 Å². The quantitative estimate of drug-likeness (QED) is 0.921. The van der Waals surface area contributed by atoms with Crippen molar-refractivity contribution in [3.8, 4) is 22.8 Å². The van der Waals surface area contributed by atoms with Gasteiger partial charge in [0.1, 0.15) is 5.69 Å². The summed E-state index contributed by atoms with van der Waals surface area (Å²) in [6.45, 7) is 3.05. The standard InChI is InChI=1S/C14H15ClN2O3/c1-8(16)12-7-11(17-20-12)9-5-10(15)14-13(6-9)18-3-2-4-19-14/h5-8H,2-4,16H2,1H3. The normalized spacial score (nSPS) is 15.8. The van der Waals surface area contributed by atoms with Gasteiger partial charge in [-0.2, -0.15) is 0 Å². The first-order valence-electron chi connectivity index (χ1n) is 6.47. The molecule has 2 heterocycles. The molecule has 0 saturated heterocycles. The van der Waals surface area contributed by atoms with E-state index in [4.69, 9.17) is 31.3 Å². The molecular weight excluding hydrogens is 280 g/mol. The van der Waals surface area contributed by atoms with Gasteiger partial charge in [-0.25, -0.2) is 0 Å². The fraction of sp³-hybridized carbons (Fsp3) is 0.357. The van der Waals surface area contributed by atoms with E-state index in [1.54, 1.807) is 12.1 Å². The fourth-order valence-electron chi connectivity index (χ4n) is 2.02. The van der Waals surface area contributed by atoms with Crippen molar-refractivity contribution >= 4 is 11.6 Å². The topological polar surface area (TPSA) is 70.5 Å². The third kappa shape index (κ3) is 2.46. The van der Waals surface area contributed by atoms with Crippen molar-refractivity contribution in [1.82, 2.24) is 5.16 Å². The average Bonchev–Trinajstić information content (AvgIpc) is 2.79. The lowest BCUT2D eigenvalue weighted by atomic mass is 10.1. The number of nitrogens with two attached hydrogens (primary N) is 1. The lowest BCUT2D eigenvalue weighted by Gasteiger charge is -2.10. The highest BCUT2D eigenvalue weighted by Crippen LogP contribution is 2.40. The van der Waals surface area contributed by atoms with Crippen molar-refractivity contribution in [3.05, 3.63) is 29.0 Å². The van der Waals surface area contributed by atoms with Crippen LogP contribution in [0.3, 0.4) is 0 Å². The highest BCUT2D eigenvalue weighted by atomic mass is 35.5. The number of hydrogen-bond donors (Lipinski definition) is 1. The number of ether oxygens (including phenoxy) is 2. The molecule has 6 heteroatoms. The molecule has 1 aromatic heterocycles. The molecule has 5 nitrogen and oxygen atoms in total. The van der Waals surface area contributed by atoms with Crippen molar-refractivity contribution in [2.24, 2.45) is 5.73 Å². The van der Waals surface area contributed by atoms with E-state index in [0.29, 0.717) is 41.2 Å². The molecule has 0 radical (unpaired) electrons. The summed E-state index contributed by atoms with van der Waals surface area (Å²) in [6.07, 6.45) is 0.832. The van der Waals surface area contributed by atoms with Gasteiger partial charge < -0.3 is 19.7 Å². The van der Waals surface area contributed by atoms with E-state index in [9.17, 15) is 0 Å². The predicted octanol–water partition coefficient (Wildman–Crippen LogP) is 3.18. The maximum atomic E-state index is 6.25. The Morgan fingerprint density at radius 3 is 2.80 bits per heavy atom. The van der Waals surface area contributed by atoms with Crippen molar-refractivity contribution in [2.45, 2.75) is 19.4 Å². The second-order valence-corrected chi connectivity index (χ2v) is 5.15. The van der Waals surface area contributed by atoms with Gasteiger partial charge in [0.15, 0.2) is 17.3 Å². The molecular formula is C14H15ClN2O3. The van der Waals surface area contributed by atoms with Gasteiger partial charge in [0, 0.05) is 18.1 Å². The fourth-order valence-corrected chi connectivity index (χ4v) is 2.28. The number of benzene rings is 1. The predicted molar refractivity (Wildman–Crippen MR) is 75.2 cm³/mol. The molecule has 1 unspecified atom stereocenters. The molecule has 0 aliphatic carbocycles. The number of nitrogens with zero attached hydrogens (tertiary/aromatic N) is 1. The van der Waals surface area contributed by atoms with Crippen molar-refractivity contribution in [2.75, 3.05) is 13.2 Å². The van der Waals surface area contributed by atoms with Crippen LogP contribution in [-0.4, -0.2) is 18.4 Å². The highest BCUT2D eigenvalue weighted by Gasteiger charge is 2.18. The number of hydrogen-bond acceptors (Lipinski definition) is 5. The Labute approximate surface area is 121 Å². The van der Waals surface area contributed by atoms with Gasteiger partial charge in [-0.15, -0.1) is 0 Å². The Morgan fingerprint density at radius 2 is 2.05 bits per heavy atom. The third-order valence-electron chi connectivity index (χ3n) is 3.08. The second-order valence-electron chi connectivity index (χ2n) is 4.74. The summed E-state index contributed by atoms with van der Waals surface area (Å²) in [4.78, 5) is 0. The number of fused-ring (bicyclic) bond motifs is 1. The molecule has 0 spiro atoms. The molecule has 0 amide bonds. The Bertz CT molecular complexity index is 625. The van der Waals surface area contributed by atoms with Crippen LogP contribution in [-0.2, 0) is 0 Å². The lowest BCUT2D eigenvalue weighted by molar-refractivity contribution is 0.297. The first-order chi connectivity index (χ1) is 9.65. The van der Waals surface area contributed by atoms with E-state index in [1.807, 2.05) is 13.0 Å². The van der Waals surface area contributed by atoms with Gasteiger partial charge >= 0.3 is 0 Å². The van der Waals surface area contributed by atoms with Crippen molar-refractivity contribution < 1.29 is 14.0 Å². The van der Waals surface area contributed by atoms with Crippen LogP contribution in [0.25, 0.3) is 11.3 Å².